The van der Waals surface area contributed by atoms with E-state index >= 15 is 0 Å². The van der Waals surface area contributed by atoms with Crippen LogP contribution in [-0.2, 0) is 11.2 Å². The quantitative estimate of drug-likeness (QED) is 0.791. The molecule has 0 bridgehead atoms. The van der Waals surface area contributed by atoms with Crippen molar-refractivity contribution in [1.29, 1.82) is 0 Å². The number of aryl methyl sites for hydroxylation is 1. The highest BCUT2D eigenvalue weighted by molar-refractivity contribution is 5.90. The maximum atomic E-state index is 11.9. The van der Waals surface area contributed by atoms with E-state index in [1.807, 2.05) is 18.2 Å². The number of nitrogens with one attached hydrogen (secondary N) is 1. The molecule has 0 aromatic carbocycles. The molecule has 0 spiro atoms. The summed E-state index contributed by atoms with van der Waals surface area (Å²) in [4.78, 5) is 24.5. The van der Waals surface area contributed by atoms with E-state index in [-0.39, 0.29) is 18.3 Å². The van der Waals surface area contributed by atoms with E-state index in [9.17, 15) is 4.79 Å². The molecule has 0 saturated carbocycles. The molecule has 22 heavy (non-hydrogen) atoms. The first-order chi connectivity index (χ1) is 10.7. The van der Waals surface area contributed by atoms with Gasteiger partial charge < -0.3 is 4.52 Å². The Kier molecular flexibility index (Phi) is 3.86. The van der Waals surface area contributed by atoms with Crippen LogP contribution in [0.5, 0.6) is 0 Å². The first kappa shape index (κ1) is 13.9. The number of carbonyl (C=O) groups is 1. The third-order valence-corrected chi connectivity index (χ3v) is 2.85. The minimum Gasteiger partial charge on any atom is -0.361 e. The van der Waals surface area contributed by atoms with Crippen molar-refractivity contribution in [3.05, 3.63) is 54.2 Å². The Hall–Kier alpha value is -3.09. The van der Waals surface area contributed by atoms with Gasteiger partial charge >= 0.3 is 0 Å². The summed E-state index contributed by atoms with van der Waals surface area (Å²) < 4.78 is 5.00. The monoisotopic (exact) mass is 295 g/mol. The van der Waals surface area contributed by atoms with Crippen LogP contribution in [-0.4, -0.2) is 26.0 Å². The maximum Gasteiger partial charge on any atom is 0.234 e. The number of anilines is 1. The molecule has 1 N–H and O–H groups in total. The van der Waals surface area contributed by atoms with Crippen molar-refractivity contribution in [1.82, 2.24) is 20.1 Å². The van der Waals surface area contributed by atoms with E-state index in [0.29, 0.717) is 17.1 Å². The van der Waals surface area contributed by atoms with Crippen molar-refractivity contribution >= 4 is 11.9 Å². The van der Waals surface area contributed by atoms with E-state index in [0.717, 1.165) is 5.69 Å². The summed E-state index contributed by atoms with van der Waals surface area (Å²) in [5, 5.41) is 6.37. The number of hydrogen-bond donors (Lipinski definition) is 1. The normalized spacial score (nSPS) is 10.4. The Balaban J connectivity index is 1.71. The fourth-order valence-corrected chi connectivity index (χ4v) is 1.90. The molecule has 0 fully saturated rings. The second-order valence-corrected chi connectivity index (χ2v) is 4.64. The lowest BCUT2D eigenvalue weighted by Gasteiger charge is -2.04. The maximum absolute atomic E-state index is 11.9. The van der Waals surface area contributed by atoms with Gasteiger partial charge in [0.2, 0.25) is 11.9 Å². The van der Waals surface area contributed by atoms with Gasteiger partial charge in [-0.1, -0.05) is 11.2 Å². The zero-order valence-corrected chi connectivity index (χ0v) is 11.9. The fraction of sp³-hybridized carbons (Fsp3) is 0.133. The van der Waals surface area contributed by atoms with E-state index < -0.39 is 0 Å². The lowest BCUT2D eigenvalue weighted by Crippen LogP contribution is -2.16. The van der Waals surface area contributed by atoms with Gasteiger partial charge in [-0.2, -0.15) is 0 Å². The third-order valence-electron chi connectivity index (χ3n) is 2.85. The lowest BCUT2D eigenvalue weighted by atomic mass is 10.2. The minimum absolute atomic E-state index is 0.0814. The predicted molar refractivity (Wildman–Crippen MR) is 78.8 cm³/mol. The zero-order chi connectivity index (χ0) is 15.4. The standard InChI is InChI=1S/C15H13N5O2/c1-10-8-11(22-20-10)9-14(21)19-15-17-7-5-13(18-15)12-4-2-3-6-16-12/h2-8H,9H2,1H3,(H,17,18,19,21). The zero-order valence-electron chi connectivity index (χ0n) is 11.9. The molecule has 7 nitrogen and oxygen atoms in total. The molecule has 3 aromatic rings. The molecular weight excluding hydrogens is 282 g/mol. The molecule has 0 unspecified atom stereocenters. The van der Waals surface area contributed by atoms with Gasteiger partial charge in [0.05, 0.1) is 23.5 Å². The second-order valence-electron chi connectivity index (χ2n) is 4.64. The highest BCUT2D eigenvalue weighted by atomic mass is 16.5. The lowest BCUT2D eigenvalue weighted by molar-refractivity contribution is -0.115. The Bertz CT molecular complexity index is 785. The molecule has 1 amide bonds. The SMILES string of the molecule is Cc1cc(CC(=O)Nc2nccc(-c3ccccn3)n2)on1. The minimum atomic E-state index is -0.269. The van der Waals surface area contributed by atoms with E-state index in [4.69, 9.17) is 4.52 Å². The first-order valence-corrected chi connectivity index (χ1v) is 6.67. The average Bonchev–Trinajstić information content (AvgIpc) is 2.93. The molecule has 3 heterocycles. The highest BCUT2D eigenvalue weighted by Gasteiger charge is 2.10. The van der Waals surface area contributed by atoms with Crippen molar-refractivity contribution in [3.8, 4) is 11.4 Å². The summed E-state index contributed by atoms with van der Waals surface area (Å²) in [6.45, 7) is 1.80. The van der Waals surface area contributed by atoms with Gasteiger partial charge in [0, 0.05) is 18.5 Å². The third kappa shape index (κ3) is 3.32. The Labute approximate surface area is 126 Å². The Morgan fingerprint density at radius 1 is 1.18 bits per heavy atom. The van der Waals surface area contributed by atoms with Crippen LogP contribution >= 0.6 is 0 Å². The van der Waals surface area contributed by atoms with Gasteiger partial charge in [0.15, 0.2) is 0 Å². The van der Waals surface area contributed by atoms with Crippen LogP contribution in [0.4, 0.5) is 5.95 Å². The molecule has 3 aromatic heterocycles. The molecular formula is C15H13N5O2. The van der Waals surface area contributed by atoms with Gasteiger partial charge in [0.25, 0.3) is 0 Å². The Morgan fingerprint density at radius 2 is 2.09 bits per heavy atom. The molecule has 0 aliphatic carbocycles. The van der Waals surface area contributed by atoms with E-state index in [1.165, 1.54) is 0 Å². The van der Waals surface area contributed by atoms with Crippen LogP contribution in [0.25, 0.3) is 11.4 Å². The van der Waals surface area contributed by atoms with Crippen LogP contribution in [0, 0.1) is 6.92 Å². The van der Waals surface area contributed by atoms with Crippen molar-refractivity contribution in [2.45, 2.75) is 13.3 Å². The van der Waals surface area contributed by atoms with Gasteiger partial charge in [-0.05, 0) is 25.1 Å². The number of amides is 1. The molecule has 3 rings (SSSR count). The number of nitrogens with zero attached hydrogens (tertiary/aromatic N) is 4. The fourth-order valence-electron chi connectivity index (χ4n) is 1.90. The van der Waals surface area contributed by atoms with E-state index in [2.05, 4.69) is 25.4 Å². The molecule has 7 heteroatoms. The molecule has 0 aliphatic rings. The summed E-state index contributed by atoms with van der Waals surface area (Å²) >= 11 is 0. The summed E-state index contributed by atoms with van der Waals surface area (Å²) in [7, 11) is 0. The van der Waals surface area contributed by atoms with Crippen LogP contribution in [0.3, 0.4) is 0 Å². The summed E-state index contributed by atoms with van der Waals surface area (Å²) in [6.07, 6.45) is 3.34. The largest absolute Gasteiger partial charge is 0.361 e. The average molecular weight is 295 g/mol. The smallest absolute Gasteiger partial charge is 0.234 e. The van der Waals surface area contributed by atoms with Gasteiger partial charge in [-0.3, -0.25) is 15.1 Å². The van der Waals surface area contributed by atoms with Crippen molar-refractivity contribution in [3.63, 3.8) is 0 Å². The summed E-state index contributed by atoms with van der Waals surface area (Å²) in [5.74, 6) is 0.453. The van der Waals surface area contributed by atoms with Gasteiger partial charge in [0.1, 0.15) is 5.76 Å². The highest BCUT2D eigenvalue weighted by Crippen LogP contribution is 2.14. The van der Waals surface area contributed by atoms with Crippen LogP contribution in [0.2, 0.25) is 0 Å². The van der Waals surface area contributed by atoms with Crippen LogP contribution in [0.15, 0.2) is 47.2 Å². The number of aromatic nitrogens is 4. The predicted octanol–water partition coefficient (Wildman–Crippen LogP) is 2.02. The topological polar surface area (TPSA) is 93.8 Å². The molecule has 110 valence electrons. The van der Waals surface area contributed by atoms with E-state index in [1.54, 1.807) is 31.5 Å². The number of hydrogen-bond acceptors (Lipinski definition) is 6. The molecule has 0 saturated heterocycles. The van der Waals surface area contributed by atoms with Crippen molar-refractivity contribution in [2.75, 3.05) is 5.32 Å². The number of pyridine rings is 1. The number of rotatable bonds is 4. The van der Waals surface area contributed by atoms with Crippen molar-refractivity contribution in [2.24, 2.45) is 0 Å². The Morgan fingerprint density at radius 3 is 2.82 bits per heavy atom. The van der Waals surface area contributed by atoms with Crippen molar-refractivity contribution < 1.29 is 9.32 Å². The number of carbonyl (C=O) groups excluding carboxylic acids is 1. The van der Waals surface area contributed by atoms with Crippen LogP contribution < -0.4 is 5.32 Å². The molecule has 0 aliphatic heterocycles. The second kappa shape index (κ2) is 6.13. The first-order valence-electron chi connectivity index (χ1n) is 6.67. The molecule has 0 atom stereocenters. The van der Waals surface area contributed by atoms with Gasteiger partial charge in [-0.25, -0.2) is 9.97 Å². The summed E-state index contributed by atoms with van der Waals surface area (Å²) in [5.41, 5.74) is 2.09. The summed E-state index contributed by atoms with van der Waals surface area (Å²) in [6, 6.07) is 8.98. The molecule has 0 radical (unpaired) electrons. The van der Waals surface area contributed by atoms with Crippen LogP contribution in [0.1, 0.15) is 11.5 Å². The van der Waals surface area contributed by atoms with Gasteiger partial charge in [-0.15, -0.1) is 0 Å².